The third-order valence-electron chi connectivity index (χ3n) is 6.46. The number of carbonyl (C=O) groups excluding carboxylic acids is 1. The summed E-state index contributed by atoms with van der Waals surface area (Å²) in [7, 11) is -3.98. The number of amides is 1. The van der Waals surface area contributed by atoms with Crippen LogP contribution in [0.4, 0.5) is 5.69 Å². The van der Waals surface area contributed by atoms with Gasteiger partial charge in [-0.1, -0.05) is 42.5 Å². The number of likely N-dealkylation sites (tertiary alicyclic amines) is 1. The van der Waals surface area contributed by atoms with Crippen LogP contribution in [-0.2, 0) is 21.2 Å². The molecule has 1 aliphatic rings. The number of sulfonamides is 1. The van der Waals surface area contributed by atoms with Gasteiger partial charge in [-0.05, 0) is 65.8 Å². The molecule has 1 aliphatic heterocycles. The molecular formula is C26H32N6O3S. The van der Waals surface area contributed by atoms with Crippen LogP contribution >= 0.6 is 0 Å². The zero-order valence-corrected chi connectivity index (χ0v) is 20.8. The molecule has 0 radical (unpaired) electrons. The Morgan fingerprint density at radius 2 is 1.86 bits per heavy atom. The molecule has 0 aliphatic carbocycles. The zero-order chi connectivity index (χ0) is 25.7. The second-order valence-corrected chi connectivity index (χ2v) is 10.9. The van der Waals surface area contributed by atoms with Crippen LogP contribution in [0.15, 0.2) is 71.6 Å². The fourth-order valence-electron chi connectivity index (χ4n) is 4.55. The Bertz CT molecular complexity index is 1360. The average molecular weight is 509 g/mol. The predicted octanol–water partition coefficient (Wildman–Crippen LogP) is 2.03. The SMILES string of the molecule is N=C(N)N1CCC[C@H](CNC(=O)[C@H](Cc2cccc(N)c2)NS(=O)(=O)c2ccc3ccccc3c2)C1. The van der Waals surface area contributed by atoms with Crippen molar-refractivity contribution in [3.8, 4) is 0 Å². The van der Waals surface area contributed by atoms with E-state index in [0.29, 0.717) is 18.8 Å². The highest BCUT2D eigenvalue weighted by Crippen LogP contribution is 2.20. The van der Waals surface area contributed by atoms with E-state index in [2.05, 4.69) is 10.0 Å². The lowest BCUT2D eigenvalue weighted by molar-refractivity contribution is -0.122. The van der Waals surface area contributed by atoms with Crippen molar-refractivity contribution in [2.75, 3.05) is 25.4 Å². The Hall–Kier alpha value is -3.63. The number of nitrogens with one attached hydrogen (secondary N) is 3. The molecule has 190 valence electrons. The maximum Gasteiger partial charge on any atom is 0.241 e. The second kappa shape index (κ2) is 11.0. The van der Waals surface area contributed by atoms with Crippen LogP contribution in [0.2, 0.25) is 0 Å². The van der Waals surface area contributed by atoms with Crippen LogP contribution in [0.5, 0.6) is 0 Å². The minimum atomic E-state index is -3.98. The van der Waals surface area contributed by atoms with Gasteiger partial charge in [0, 0.05) is 25.3 Å². The number of guanidine groups is 1. The van der Waals surface area contributed by atoms with Crippen LogP contribution in [0, 0.1) is 11.3 Å². The number of fused-ring (bicyclic) bond motifs is 1. The van der Waals surface area contributed by atoms with Crippen molar-refractivity contribution in [3.05, 3.63) is 72.3 Å². The first-order valence-corrected chi connectivity index (χ1v) is 13.4. The Morgan fingerprint density at radius 1 is 1.08 bits per heavy atom. The number of carbonyl (C=O) groups is 1. The van der Waals surface area contributed by atoms with E-state index in [1.165, 1.54) is 0 Å². The van der Waals surface area contributed by atoms with Gasteiger partial charge in [-0.2, -0.15) is 4.72 Å². The highest BCUT2D eigenvalue weighted by Gasteiger charge is 2.28. The summed E-state index contributed by atoms with van der Waals surface area (Å²) < 4.78 is 29.2. The third kappa shape index (κ3) is 6.32. The molecule has 0 saturated carbocycles. The number of anilines is 1. The summed E-state index contributed by atoms with van der Waals surface area (Å²) in [5.41, 5.74) is 12.8. The number of nitrogens with zero attached hydrogens (tertiary/aromatic N) is 1. The van der Waals surface area contributed by atoms with E-state index in [4.69, 9.17) is 16.9 Å². The molecule has 1 amide bonds. The standard InChI is InChI=1S/C26H32N6O3S/c27-22-9-3-5-18(13-22)14-24(25(33)30-16-19-6-4-12-32(17-19)26(28)29)31-36(34,35)23-11-10-20-7-1-2-8-21(20)15-23/h1-3,5,7-11,13,15,19,24,31H,4,6,12,14,16-17,27H2,(H3,28,29)(H,30,33)/t19-,24+/m1/s1. The maximum absolute atomic E-state index is 13.3. The van der Waals surface area contributed by atoms with E-state index in [1.807, 2.05) is 30.3 Å². The maximum atomic E-state index is 13.3. The molecule has 0 aromatic heterocycles. The van der Waals surface area contributed by atoms with E-state index >= 15 is 0 Å². The van der Waals surface area contributed by atoms with Crippen LogP contribution < -0.4 is 21.5 Å². The molecule has 7 N–H and O–H groups in total. The van der Waals surface area contributed by atoms with Crippen molar-refractivity contribution in [3.63, 3.8) is 0 Å². The monoisotopic (exact) mass is 508 g/mol. The fraction of sp³-hybridized carbons (Fsp3) is 0.308. The molecule has 1 saturated heterocycles. The van der Waals surface area contributed by atoms with Gasteiger partial charge in [0.15, 0.2) is 5.96 Å². The molecule has 9 nitrogen and oxygen atoms in total. The zero-order valence-electron chi connectivity index (χ0n) is 20.0. The lowest BCUT2D eigenvalue weighted by Gasteiger charge is -2.33. The fourth-order valence-corrected chi connectivity index (χ4v) is 5.78. The summed E-state index contributed by atoms with van der Waals surface area (Å²) in [6, 6.07) is 18.4. The van der Waals surface area contributed by atoms with Gasteiger partial charge in [0.1, 0.15) is 6.04 Å². The van der Waals surface area contributed by atoms with Gasteiger partial charge >= 0.3 is 0 Å². The van der Waals surface area contributed by atoms with Gasteiger partial charge in [0.2, 0.25) is 15.9 Å². The largest absolute Gasteiger partial charge is 0.399 e. The topological polar surface area (TPSA) is 154 Å². The van der Waals surface area contributed by atoms with Crippen molar-refractivity contribution < 1.29 is 13.2 Å². The van der Waals surface area contributed by atoms with Gasteiger partial charge in [0.25, 0.3) is 0 Å². The molecular weight excluding hydrogens is 476 g/mol. The number of piperidine rings is 1. The first-order valence-electron chi connectivity index (χ1n) is 11.9. The lowest BCUT2D eigenvalue weighted by Crippen LogP contribution is -2.51. The van der Waals surface area contributed by atoms with E-state index in [-0.39, 0.29) is 23.2 Å². The van der Waals surface area contributed by atoms with Gasteiger partial charge in [-0.3, -0.25) is 10.2 Å². The number of hydrogen-bond donors (Lipinski definition) is 5. The molecule has 10 heteroatoms. The molecule has 1 fully saturated rings. The number of nitrogen functional groups attached to an aromatic ring is 1. The van der Waals surface area contributed by atoms with E-state index in [9.17, 15) is 13.2 Å². The minimum Gasteiger partial charge on any atom is -0.399 e. The number of nitrogens with two attached hydrogens (primary N) is 2. The molecule has 4 rings (SSSR count). The summed E-state index contributed by atoms with van der Waals surface area (Å²) in [5.74, 6) is -0.271. The number of benzene rings is 3. The van der Waals surface area contributed by atoms with Gasteiger partial charge < -0.3 is 21.7 Å². The molecule has 3 aromatic carbocycles. The van der Waals surface area contributed by atoms with Crippen molar-refractivity contribution in [2.45, 2.75) is 30.2 Å². The van der Waals surface area contributed by atoms with Crippen LogP contribution in [0.1, 0.15) is 18.4 Å². The number of rotatable bonds is 8. The highest BCUT2D eigenvalue weighted by molar-refractivity contribution is 7.89. The first-order chi connectivity index (χ1) is 17.2. The molecule has 3 aromatic rings. The summed E-state index contributed by atoms with van der Waals surface area (Å²) >= 11 is 0. The summed E-state index contributed by atoms with van der Waals surface area (Å²) in [6.45, 7) is 1.68. The average Bonchev–Trinajstić information content (AvgIpc) is 2.86. The normalized spacial score (nSPS) is 17.0. The molecule has 0 spiro atoms. The minimum absolute atomic E-state index is 0.0220. The van der Waals surface area contributed by atoms with Crippen molar-refractivity contribution >= 4 is 38.3 Å². The third-order valence-corrected chi connectivity index (χ3v) is 7.93. The number of hydrogen-bond acceptors (Lipinski definition) is 5. The Kier molecular flexibility index (Phi) is 7.76. The van der Waals surface area contributed by atoms with Crippen molar-refractivity contribution in [2.24, 2.45) is 11.7 Å². The second-order valence-electron chi connectivity index (χ2n) is 9.22. The predicted molar refractivity (Wildman–Crippen MR) is 142 cm³/mol. The quantitative estimate of drug-likeness (QED) is 0.178. The van der Waals surface area contributed by atoms with Crippen LogP contribution in [0.25, 0.3) is 10.8 Å². The molecule has 1 heterocycles. The lowest BCUT2D eigenvalue weighted by atomic mass is 9.98. The van der Waals surface area contributed by atoms with Crippen molar-refractivity contribution in [1.82, 2.24) is 14.9 Å². The van der Waals surface area contributed by atoms with E-state index < -0.39 is 22.0 Å². The highest BCUT2D eigenvalue weighted by atomic mass is 32.2. The van der Waals surface area contributed by atoms with Crippen LogP contribution in [-0.4, -0.2) is 50.9 Å². The molecule has 0 unspecified atom stereocenters. The smallest absolute Gasteiger partial charge is 0.241 e. The van der Waals surface area contributed by atoms with Crippen molar-refractivity contribution in [1.29, 1.82) is 5.41 Å². The molecule has 36 heavy (non-hydrogen) atoms. The van der Waals surface area contributed by atoms with E-state index in [1.54, 1.807) is 41.3 Å². The van der Waals surface area contributed by atoms with Gasteiger partial charge in [-0.15, -0.1) is 0 Å². The molecule has 2 atom stereocenters. The Balaban J connectivity index is 1.52. The Labute approximate surface area is 211 Å². The van der Waals surface area contributed by atoms with Gasteiger partial charge in [0.05, 0.1) is 4.90 Å². The van der Waals surface area contributed by atoms with E-state index in [0.717, 1.165) is 35.7 Å². The first kappa shape index (κ1) is 25.5. The summed E-state index contributed by atoms with van der Waals surface area (Å²) in [6.07, 6.45) is 1.92. The molecule has 0 bridgehead atoms. The summed E-state index contributed by atoms with van der Waals surface area (Å²) in [5, 5.41) is 12.3. The Morgan fingerprint density at radius 3 is 2.61 bits per heavy atom. The van der Waals surface area contributed by atoms with Gasteiger partial charge in [-0.25, -0.2) is 8.42 Å². The van der Waals surface area contributed by atoms with Crippen LogP contribution in [0.3, 0.4) is 0 Å². The summed E-state index contributed by atoms with van der Waals surface area (Å²) in [4.78, 5) is 15.1.